The molecule has 1 aromatic heterocycles. The monoisotopic (exact) mass is 347 g/mol. The molecule has 0 amide bonds. The van der Waals surface area contributed by atoms with Crippen LogP contribution in [-0.4, -0.2) is 17.5 Å². The third kappa shape index (κ3) is 2.81. The van der Waals surface area contributed by atoms with Crippen LogP contribution < -0.4 is 9.30 Å². The van der Waals surface area contributed by atoms with Crippen LogP contribution in [0.2, 0.25) is 0 Å². The van der Waals surface area contributed by atoms with Crippen LogP contribution in [0.15, 0.2) is 60.8 Å². The van der Waals surface area contributed by atoms with Crippen LogP contribution in [0.1, 0.15) is 35.6 Å². The number of fused-ring (bicyclic) bond motifs is 1. The zero-order valence-electron chi connectivity index (χ0n) is 15.2. The highest BCUT2D eigenvalue weighted by molar-refractivity contribution is 5.97. The van der Waals surface area contributed by atoms with Gasteiger partial charge in [-0.1, -0.05) is 30.3 Å². The first-order chi connectivity index (χ1) is 12.7. The van der Waals surface area contributed by atoms with Gasteiger partial charge in [0.1, 0.15) is 11.9 Å². The Morgan fingerprint density at radius 3 is 2.54 bits per heavy atom. The standard InChI is InChI=1S/C22H23N2O2/c1-16(22(25)18-10-12-19(26-2)13-11-18)24-15-20(17-7-4-3-5-8-17)23-14-6-9-21(23)24/h3-5,7-8,10-13,15-16H,6,9,14H2,1-2H3/q+1. The van der Waals surface area contributed by atoms with Gasteiger partial charge in [-0.3, -0.25) is 4.79 Å². The molecule has 2 heterocycles. The number of ether oxygens (including phenoxy) is 1. The summed E-state index contributed by atoms with van der Waals surface area (Å²) in [5, 5.41) is 0. The van der Waals surface area contributed by atoms with Crippen LogP contribution in [0.3, 0.4) is 0 Å². The van der Waals surface area contributed by atoms with Crippen LogP contribution in [0.25, 0.3) is 11.3 Å². The van der Waals surface area contributed by atoms with Gasteiger partial charge >= 0.3 is 0 Å². The molecule has 1 atom stereocenters. The minimum Gasteiger partial charge on any atom is -0.497 e. The topological polar surface area (TPSA) is 35.1 Å². The Balaban J connectivity index is 1.70. The van der Waals surface area contributed by atoms with Crippen LogP contribution in [0.5, 0.6) is 5.75 Å². The lowest BCUT2D eigenvalue weighted by Gasteiger charge is -2.09. The van der Waals surface area contributed by atoms with E-state index in [1.54, 1.807) is 7.11 Å². The third-order valence-corrected chi connectivity index (χ3v) is 5.18. The minimum atomic E-state index is -0.236. The summed E-state index contributed by atoms with van der Waals surface area (Å²) in [5.41, 5.74) is 3.09. The lowest BCUT2D eigenvalue weighted by atomic mass is 10.0. The molecule has 0 saturated carbocycles. The van der Waals surface area contributed by atoms with Gasteiger partial charge < -0.3 is 4.74 Å². The molecule has 0 radical (unpaired) electrons. The van der Waals surface area contributed by atoms with Crippen LogP contribution >= 0.6 is 0 Å². The van der Waals surface area contributed by atoms with Crippen molar-refractivity contribution in [3.8, 4) is 17.0 Å². The van der Waals surface area contributed by atoms with Crippen molar-refractivity contribution in [2.75, 3.05) is 7.11 Å². The molecule has 0 aliphatic carbocycles. The van der Waals surface area contributed by atoms with Crippen molar-refractivity contribution in [3.63, 3.8) is 0 Å². The number of carbonyl (C=O) groups excluding carboxylic acids is 1. The molecule has 132 valence electrons. The van der Waals surface area contributed by atoms with Crippen LogP contribution in [0.4, 0.5) is 0 Å². The van der Waals surface area contributed by atoms with Gasteiger partial charge in [0, 0.05) is 11.1 Å². The predicted molar refractivity (Wildman–Crippen MR) is 100 cm³/mol. The molecule has 1 unspecified atom stereocenters. The zero-order chi connectivity index (χ0) is 18.1. The Hall–Kier alpha value is -2.88. The quantitative estimate of drug-likeness (QED) is 0.519. The Morgan fingerprint density at radius 2 is 1.85 bits per heavy atom. The van der Waals surface area contributed by atoms with Gasteiger partial charge in [-0.15, -0.1) is 0 Å². The first-order valence-electron chi connectivity index (χ1n) is 9.06. The number of rotatable bonds is 5. The summed E-state index contributed by atoms with van der Waals surface area (Å²) in [6.45, 7) is 3.00. The molecule has 0 spiro atoms. The maximum absolute atomic E-state index is 13.0. The molecule has 2 aromatic carbocycles. The van der Waals surface area contributed by atoms with E-state index in [-0.39, 0.29) is 11.8 Å². The average molecular weight is 347 g/mol. The Kier molecular flexibility index (Phi) is 4.33. The second-order valence-electron chi connectivity index (χ2n) is 6.73. The number of ketones is 1. The fourth-order valence-corrected chi connectivity index (χ4v) is 3.76. The van der Waals surface area contributed by atoms with E-state index >= 15 is 0 Å². The summed E-state index contributed by atoms with van der Waals surface area (Å²) < 4.78 is 9.70. The Labute approximate surface area is 153 Å². The average Bonchev–Trinajstić information content (AvgIpc) is 3.30. The number of methoxy groups -OCH3 is 1. The Morgan fingerprint density at radius 1 is 1.12 bits per heavy atom. The smallest absolute Gasteiger partial charge is 0.257 e. The van der Waals surface area contributed by atoms with Crippen molar-refractivity contribution in [2.24, 2.45) is 0 Å². The van der Waals surface area contributed by atoms with Crippen molar-refractivity contribution >= 4 is 5.78 Å². The fraction of sp³-hybridized carbons (Fsp3) is 0.273. The van der Waals surface area contributed by atoms with E-state index in [1.807, 2.05) is 37.3 Å². The SMILES string of the molecule is COc1ccc(C(=O)C(C)[n+]2cc(-c3ccccc3)n3c2CCC3)cc1. The molecule has 4 heteroatoms. The second kappa shape index (κ2) is 6.79. The number of imidazole rings is 1. The second-order valence-corrected chi connectivity index (χ2v) is 6.73. The molecular formula is C22H23N2O2+. The minimum absolute atomic E-state index is 0.123. The predicted octanol–water partition coefficient (Wildman–Crippen LogP) is 3.84. The fourth-order valence-electron chi connectivity index (χ4n) is 3.76. The summed E-state index contributed by atoms with van der Waals surface area (Å²) in [5.74, 6) is 2.12. The van der Waals surface area contributed by atoms with Crippen molar-refractivity contribution in [1.29, 1.82) is 0 Å². The highest BCUT2D eigenvalue weighted by Crippen LogP contribution is 2.26. The first kappa shape index (κ1) is 16.6. The maximum Gasteiger partial charge on any atom is 0.257 e. The van der Waals surface area contributed by atoms with Crippen molar-refractivity contribution < 1.29 is 14.1 Å². The summed E-state index contributed by atoms with van der Waals surface area (Å²) in [6, 6.07) is 17.5. The van der Waals surface area contributed by atoms with Gasteiger partial charge in [0.2, 0.25) is 5.78 Å². The van der Waals surface area contributed by atoms with Crippen molar-refractivity contribution in [1.82, 2.24) is 4.57 Å². The van der Waals surface area contributed by atoms with Crippen LogP contribution in [-0.2, 0) is 13.0 Å². The number of nitrogens with zero attached hydrogens (tertiary/aromatic N) is 2. The molecular weight excluding hydrogens is 324 g/mol. The maximum atomic E-state index is 13.0. The number of aromatic nitrogens is 2. The van der Waals surface area contributed by atoms with Gasteiger partial charge in [0.15, 0.2) is 11.7 Å². The van der Waals surface area contributed by atoms with E-state index in [9.17, 15) is 4.79 Å². The molecule has 3 aromatic rings. The van der Waals surface area contributed by atoms with Gasteiger partial charge in [-0.05, 0) is 37.6 Å². The number of carbonyl (C=O) groups is 1. The summed E-state index contributed by atoms with van der Waals surface area (Å²) >= 11 is 0. The van der Waals surface area contributed by atoms with Gasteiger partial charge in [-0.25, -0.2) is 9.13 Å². The molecule has 4 rings (SSSR count). The summed E-state index contributed by atoms with van der Waals surface area (Å²) in [7, 11) is 1.63. The molecule has 1 aliphatic heterocycles. The molecule has 0 N–H and O–H groups in total. The first-order valence-corrected chi connectivity index (χ1v) is 9.06. The van der Waals surface area contributed by atoms with Gasteiger partial charge in [0.25, 0.3) is 5.82 Å². The lowest BCUT2D eigenvalue weighted by molar-refractivity contribution is -0.710. The molecule has 0 saturated heterocycles. The number of hydrogen-bond acceptors (Lipinski definition) is 2. The van der Waals surface area contributed by atoms with E-state index in [1.165, 1.54) is 17.1 Å². The van der Waals surface area contributed by atoms with E-state index in [0.29, 0.717) is 5.56 Å². The van der Waals surface area contributed by atoms with Crippen molar-refractivity contribution in [2.45, 2.75) is 32.4 Å². The molecule has 26 heavy (non-hydrogen) atoms. The van der Waals surface area contributed by atoms with Gasteiger partial charge in [-0.2, -0.15) is 0 Å². The highest BCUT2D eigenvalue weighted by Gasteiger charge is 2.33. The number of Topliss-reactive ketones (excluding diaryl/α,β-unsaturated/α-hetero) is 1. The third-order valence-electron chi connectivity index (χ3n) is 5.18. The van der Waals surface area contributed by atoms with Crippen LogP contribution in [0, 0.1) is 0 Å². The molecule has 0 fully saturated rings. The lowest BCUT2D eigenvalue weighted by Crippen LogP contribution is -2.44. The molecule has 1 aliphatic rings. The van der Waals surface area contributed by atoms with E-state index in [2.05, 4.69) is 39.6 Å². The highest BCUT2D eigenvalue weighted by atomic mass is 16.5. The van der Waals surface area contributed by atoms with E-state index in [4.69, 9.17) is 4.74 Å². The Bertz CT molecular complexity index is 927. The normalized spacial score (nSPS) is 14.1. The summed E-state index contributed by atoms with van der Waals surface area (Å²) in [6.07, 6.45) is 4.27. The molecule has 4 nitrogen and oxygen atoms in total. The number of hydrogen-bond donors (Lipinski definition) is 0. The van der Waals surface area contributed by atoms with E-state index in [0.717, 1.165) is 25.1 Å². The van der Waals surface area contributed by atoms with E-state index < -0.39 is 0 Å². The van der Waals surface area contributed by atoms with Crippen molar-refractivity contribution in [3.05, 3.63) is 72.2 Å². The van der Waals surface area contributed by atoms with Gasteiger partial charge in [0.05, 0.1) is 20.1 Å². The summed E-state index contributed by atoms with van der Waals surface area (Å²) in [4.78, 5) is 13.0. The molecule has 0 bridgehead atoms. The zero-order valence-corrected chi connectivity index (χ0v) is 15.2. The number of benzene rings is 2. The largest absolute Gasteiger partial charge is 0.497 e.